The molecule has 0 atom stereocenters. The van der Waals surface area contributed by atoms with Crippen LogP contribution in [0.3, 0.4) is 0 Å². The molecule has 122 valence electrons. The van der Waals surface area contributed by atoms with E-state index in [1.165, 1.54) is 7.11 Å². The Morgan fingerprint density at radius 3 is 1.71 bits per heavy atom. The van der Waals surface area contributed by atoms with Crippen LogP contribution in [0, 0.1) is 5.41 Å². The highest BCUT2D eigenvalue weighted by Gasteiger charge is 2.50. The summed E-state index contributed by atoms with van der Waals surface area (Å²) in [5, 5.41) is 0. The zero-order chi connectivity index (χ0) is 16.3. The van der Waals surface area contributed by atoms with E-state index in [9.17, 15) is 14.4 Å². The minimum Gasteiger partial charge on any atom is -0.466 e. The number of carbonyl (C=O) groups excluding carboxylic acids is 3. The Kier molecular flexibility index (Phi) is 9.36. The van der Waals surface area contributed by atoms with E-state index in [1.54, 1.807) is 20.8 Å². The summed E-state index contributed by atoms with van der Waals surface area (Å²) in [6, 6.07) is 0. The largest absolute Gasteiger partial charge is 0.466 e. The topological polar surface area (TPSA) is 88.1 Å². The van der Waals surface area contributed by atoms with Crippen molar-refractivity contribution in [3.05, 3.63) is 0 Å². The number of hydrogen-bond donors (Lipinski definition) is 0. The van der Waals surface area contributed by atoms with Crippen LogP contribution in [0.15, 0.2) is 0 Å². The third kappa shape index (κ3) is 5.71. The summed E-state index contributed by atoms with van der Waals surface area (Å²) < 4.78 is 19.7. The summed E-state index contributed by atoms with van der Waals surface area (Å²) in [6.07, 6.45) is -0.443. The molecule has 0 saturated heterocycles. The van der Waals surface area contributed by atoms with Gasteiger partial charge in [-0.3, -0.25) is 14.4 Å². The molecule has 0 aliphatic carbocycles. The first-order valence-corrected chi connectivity index (χ1v) is 6.97. The zero-order valence-electron chi connectivity index (χ0n) is 13.1. The average Bonchev–Trinajstić information content (AvgIpc) is 2.44. The molecular formula is C14H24O7. The van der Waals surface area contributed by atoms with Gasteiger partial charge < -0.3 is 18.9 Å². The highest BCUT2D eigenvalue weighted by molar-refractivity contribution is 6.03. The van der Waals surface area contributed by atoms with Gasteiger partial charge in [0.25, 0.3) is 0 Å². The maximum absolute atomic E-state index is 12.2. The Morgan fingerprint density at radius 1 is 0.857 bits per heavy atom. The molecular weight excluding hydrogens is 280 g/mol. The number of esters is 3. The third-order valence-electron chi connectivity index (χ3n) is 2.82. The standard InChI is InChI=1S/C14H24O7/c1-5-19-11(15)10-14(8-9-18-4,12(16)20-6-2)13(17)21-7-3/h5-10H2,1-4H3. The lowest BCUT2D eigenvalue weighted by Crippen LogP contribution is -2.45. The SMILES string of the molecule is CCOC(=O)CC(CCOC)(C(=O)OCC)C(=O)OCC. The molecule has 0 aromatic rings. The van der Waals surface area contributed by atoms with E-state index in [1.807, 2.05) is 0 Å². The molecule has 0 unspecified atom stereocenters. The molecule has 0 aliphatic rings. The molecule has 0 radical (unpaired) electrons. The van der Waals surface area contributed by atoms with Gasteiger partial charge in [-0.25, -0.2) is 0 Å². The van der Waals surface area contributed by atoms with Crippen LogP contribution >= 0.6 is 0 Å². The lowest BCUT2D eigenvalue weighted by Gasteiger charge is -2.27. The van der Waals surface area contributed by atoms with E-state index in [0.717, 1.165) is 0 Å². The minimum atomic E-state index is -1.73. The van der Waals surface area contributed by atoms with Gasteiger partial charge in [0.1, 0.15) is 0 Å². The third-order valence-corrected chi connectivity index (χ3v) is 2.82. The van der Waals surface area contributed by atoms with Gasteiger partial charge in [0.15, 0.2) is 5.41 Å². The van der Waals surface area contributed by atoms with Crippen LogP contribution in [-0.2, 0) is 33.3 Å². The molecule has 0 amide bonds. The van der Waals surface area contributed by atoms with Crippen LogP contribution in [0.1, 0.15) is 33.6 Å². The van der Waals surface area contributed by atoms with Crippen LogP contribution in [0.25, 0.3) is 0 Å². The first kappa shape index (κ1) is 19.4. The molecule has 0 aromatic heterocycles. The molecule has 21 heavy (non-hydrogen) atoms. The molecule has 0 saturated carbocycles. The van der Waals surface area contributed by atoms with Crippen molar-refractivity contribution in [1.82, 2.24) is 0 Å². The maximum Gasteiger partial charge on any atom is 0.324 e. The van der Waals surface area contributed by atoms with Gasteiger partial charge >= 0.3 is 17.9 Å². The van der Waals surface area contributed by atoms with Gasteiger partial charge in [-0.05, 0) is 27.2 Å². The summed E-state index contributed by atoms with van der Waals surface area (Å²) >= 11 is 0. The fourth-order valence-electron chi connectivity index (χ4n) is 1.79. The monoisotopic (exact) mass is 304 g/mol. The molecule has 0 rings (SSSR count). The fraction of sp³-hybridized carbons (Fsp3) is 0.786. The van der Waals surface area contributed by atoms with Crippen molar-refractivity contribution in [3.8, 4) is 0 Å². The molecule has 0 N–H and O–H groups in total. The Bertz CT molecular complexity index is 333. The second kappa shape index (κ2) is 10.1. The van der Waals surface area contributed by atoms with Crippen LogP contribution in [0.2, 0.25) is 0 Å². The molecule has 7 heteroatoms. The maximum atomic E-state index is 12.2. The molecule has 7 nitrogen and oxygen atoms in total. The molecule has 0 aromatic carbocycles. The molecule has 0 bridgehead atoms. The van der Waals surface area contributed by atoms with Crippen LogP contribution < -0.4 is 0 Å². The number of methoxy groups -OCH3 is 1. The van der Waals surface area contributed by atoms with Gasteiger partial charge in [0.2, 0.25) is 0 Å². The summed E-state index contributed by atoms with van der Waals surface area (Å²) in [6.45, 7) is 5.33. The Hall–Kier alpha value is -1.63. The molecule has 0 spiro atoms. The number of rotatable bonds is 10. The van der Waals surface area contributed by atoms with E-state index < -0.39 is 29.7 Å². The number of carbonyl (C=O) groups is 3. The quantitative estimate of drug-likeness (QED) is 0.339. The van der Waals surface area contributed by atoms with Gasteiger partial charge in [-0.1, -0.05) is 0 Å². The van der Waals surface area contributed by atoms with Crippen molar-refractivity contribution in [1.29, 1.82) is 0 Å². The predicted molar refractivity (Wildman–Crippen MR) is 73.4 cm³/mol. The van der Waals surface area contributed by atoms with Crippen molar-refractivity contribution in [2.24, 2.45) is 5.41 Å². The van der Waals surface area contributed by atoms with Gasteiger partial charge in [-0.15, -0.1) is 0 Å². The predicted octanol–water partition coefficient (Wildman–Crippen LogP) is 1.09. The van der Waals surface area contributed by atoms with Crippen LogP contribution in [0.4, 0.5) is 0 Å². The van der Waals surface area contributed by atoms with Crippen molar-refractivity contribution in [2.75, 3.05) is 33.5 Å². The highest BCUT2D eigenvalue weighted by atomic mass is 16.6. The second-order valence-corrected chi connectivity index (χ2v) is 4.25. The smallest absolute Gasteiger partial charge is 0.324 e. The van der Waals surface area contributed by atoms with E-state index in [4.69, 9.17) is 18.9 Å². The Balaban J connectivity index is 5.42. The van der Waals surface area contributed by atoms with E-state index >= 15 is 0 Å². The molecule has 0 heterocycles. The minimum absolute atomic E-state index is 0.0139. The van der Waals surface area contributed by atoms with Crippen molar-refractivity contribution in [3.63, 3.8) is 0 Å². The van der Waals surface area contributed by atoms with Gasteiger partial charge in [-0.2, -0.15) is 0 Å². The van der Waals surface area contributed by atoms with Crippen LogP contribution in [-0.4, -0.2) is 51.4 Å². The van der Waals surface area contributed by atoms with Crippen molar-refractivity contribution >= 4 is 17.9 Å². The summed E-state index contributed by atoms with van der Waals surface area (Å²) in [4.78, 5) is 36.2. The van der Waals surface area contributed by atoms with Crippen molar-refractivity contribution in [2.45, 2.75) is 33.6 Å². The van der Waals surface area contributed by atoms with Crippen molar-refractivity contribution < 1.29 is 33.3 Å². The second-order valence-electron chi connectivity index (χ2n) is 4.25. The molecule has 0 fully saturated rings. The first-order valence-electron chi connectivity index (χ1n) is 6.97. The molecule has 0 aliphatic heterocycles. The summed E-state index contributed by atoms with van der Waals surface area (Å²) in [7, 11) is 1.44. The lowest BCUT2D eigenvalue weighted by molar-refractivity contribution is -0.178. The number of ether oxygens (including phenoxy) is 4. The van der Waals surface area contributed by atoms with E-state index in [-0.39, 0.29) is 32.8 Å². The average molecular weight is 304 g/mol. The fourth-order valence-corrected chi connectivity index (χ4v) is 1.79. The highest BCUT2D eigenvalue weighted by Crippen LogP contribution is 2.31. The summed E-state index contributed by atoms with van der Waals surface area (Å²) in [5.74, 6) is -2.25. The Morgan fingerprint density at radius 2 is 1.33 bits per heavy atom. The van der Waals surface area contributed by atoms with E-state index in [0.29, 0.717) is 0 Å². The lowest BCUT2D eigenvalue weighted by atomic mass is 9.81. The van der Waals surface area contributed by atoms with Gasteiger partial charge in [0, 0.05) is 13.7 Å². The van der Waals surface area contributed by atoms with E-state index in [2.05, 4.69) is 0 Å². The van der Waals surface area contributed by atoms with Gasteiger partial charge in [0.05, 0.1) is 26.2 Å². The summed E-state index contributed by atoms with van der Waals surface area (Å²) in [5.41, 5.74) is -1.73. The number of hydrogen-bond acceptors (Lipinski definition) is 7. The zero-order valence-corrected chi connectivity index (χ0v) is 13.1. The normalized spacial score (nSPS) is 10.9. The Labute approximate surface area is 124 Å². The van der Waals surface area contributed by atoms with Crippen LogP contribution in [0.5, 0.6) is 0 Å². The first-order chi connectivity index (χ1) is 9.98.